The summed E-state index contributed by atoms with van der Waals surface area (Å²) in [6, 6.07) is 3.74. The topological polar surface area (TPSA) is 66.8 Å². The molecule has 0 aliphatic heterocycles. The molecule has 1 saturated carbocycles. The van der Waals surface area contributed by atoms with Crippen LogP contribution >= 0.6 is 11.6 Å². The standard InChI is InChI=1S/C16H19ClFNO4/c1-9(16(21)22)8-19(12-4-5-12)15(20)10(2)23-14-6-3-11(18)7-13(14)17/h3,6-7,9-10,12H,4-5,8H2,1-2H3,(H,21,22). The summed E-state index contributed by atoms with van der Waals surface area (Å²) in [5.41, 5.74) is 0. The van der Waals surface area contributed by atoms with Gasteiger partial charge in [-0.1, -0.05) is 18.5 Å². The van der Waals surface area contributed by atoms with E-state index in [0.717, 1.165) is 18.9 Å². The van der Waals surface area contributed by atoms with E-state index >= 15 is 0 Å². The van der Waals surface area contributed by atoms with Gasteiger partial charge in [0.05, 0.1) is 10.9 Å². The van der Waals surface area contributed by atoms with E-state index < -0.39 is 23.8 Å². The first-order valence-corrected chi connectivity index (χ1v) is 7.82. The van der Waals surface area contributed by atoms with Crippen LogP contribution in [0.5, 0.6) is 5.75 Å². The van der Waals surface area contributed by atoms with Crippen molar-refractivity contribution < 1.29 is 23.8 Å². The van der Waals surface area contributed by atoms with E-state index in [9.17, 15) is 14.0 Å². The lowest BCUT2D eigenvalue weighted by molar-refractivity contribution is -0.145. The van der Waals surface area contributed by atoms with Crippen LogP contribution in [0.25, 0.3) is 0 Å². The third kappa shape index (κ3) is 4.58. The number of benzene rings is 1. The number of nitrogens with zero attached hydrogens (tertiary/aromatic N) is 1. The maximum atomic E-state index is 13.0. The van der Waals surface area contributed by atoms with Crippen LogP contribution in [-0.2, 0) is 9.59 Å². The average Bonchev–Trinajstić information content (AvgIpc) is 3.31. The van der Waals surface area contributed by atoms with Crippen LogP contribution in [-0.4, -0.2) is 40.6 Å². The van der Waals surface area contributed by atoms with E-state index in [1.165, 1.54) is 12.1 Å². The molecule has 0 radical (unpaired) electrons. The summed E-state index contributed by atoms with van der Waals surface area (Å²) in [5, 5.41) is 9.11. The van der Waals surface area contributed by atoms with Crippen LogP contribution < -0.4 is 4.74 Å². The van der Waals surface area contributed by atoms with Crippen LogP contribution in [0.3, 0.4) is 0 Å². The first-order valence-electron chi connectivity index (χ1n) is 7.44. The second-order valence-electron chi connectivity index (χ2n) is 5.80. The van der Waals surface area contributed by atoms with Crippen molar-refractivity contribution in [2.24, 2.45) is 5.92 Å². The number of halogens is 2. The third-order valence-electron chi connectivity index (χ3n) is 3.71. The van der Waals surface area contributed by atoms with E-state index in [0.29, 0.717) is 0 Å². The number of ether oxygens (including phenoxy) is 1. The van der Waals surface area contributed by atoms with E-state index in [1.807, 2.05) is 0 Å². The second kappa shape index (κ2) is 7.17. The molecular formula is C16H19ClFNO4. The summed E-state index contributed by atoms with van der Waals surface area (Å²) in [4.78, 5) is 25.1. The van der Waals surface area contributed by atoms with Crippen molar-refractivity contribution in [2.75, 3.05) is 6.54 Å². The highest BCUT2D eigenvalue weighted by atomic mass is 35.5. The van der Waals surface area contributed by atoms with Gasteiger partial charge >= 0.3 is 5.97 Å². The minimum Gasteiger partial charge on any atom is -0.481 e. The molecule has 2 rings (SSSR count). The molecule has 0 saturated heterocycles. The van der Waals surface area contributed by atoms with Crippen LogP contribution in [0.4, 0.5) is 4.39 Å². The Hall–Kier alpha value is -1.82. The number of hydrogen-bond donors (Lipinski definition) is 1. The molecule has 2 atom stereocenters. The summed E-state index contributed by atoms with van der Waals surface area (Å²) in [6.45, 7) is 3.28. The maximum Gasteiger partial charge on any atom is 0.308 e. The minimum atomic E-state index is -0.946. The lowest BCUT2D eigenvalue weighted by atomic mass is 10.1. The summed E-state index contributed by atoms with van der Waals surface area (Å²) < 4.78 is 18.6. The van der Waals surface area contributed by atoms with E-state index in [-0.39, 0.29) is 29.3 Å². The number of hydrogen-bond acceptors (Lipinski definition) is 3. The average molecular weight is 344 g/mol. The summed E-state index contributed by atoms with van der Waals surface area (Å²) in [6.07, 6.45) is 0.893. The molecule has 0 bridgehead atoms. The van der Waals surface area contributed by atoms with Gasteiger partial charge in [-0.3, -0.25) is 9.59 Å². The molecule has 1 amide bonds. The Labute approximate surface area is 139 Å². The van der Waals surface area contributed by atoms with Crippen molar-refractivity contribution in [3.05, 3.63) is 29.0 Å². The van der Waals surface area contributed by atoms with Crippen LogP contribution in [0.1, 0.15) is 26.7 Å². The summed E-state index contributed by atoms with van der Waals surface area (Å²) >= 11 is 5.89. The molecule has 1 aliphatic carbocycles. The summed E-state index contributed by atoms with van der Waals surface area (Å²) in [7, 11) is 0. The molecule has 23 heavy (non-hydrogen) atoms. The van der Waals surface area contributed by atoms with E-state index in [2.05, 4.69) is 0 Å². The van der Waals surface area contributed by atoms with Crippen molar-refractivity contribution in [3.8, 4) is 5.75 Å². The number of amides is 1. The highest BCUT2D eigenvalue weighted by Crippen LogP contribution is 2.30. The molecule has 1 aliphatic rings. The molecule has 0 spiro atoms. The maximum absolute atomic E-state index is 13.0. The second-order valence-corrected chi connectivity index (χ2v) is 6.20. The fourth-order valence-corrected chi connectivity index (χ4v) is 2.44. The predicted octanol–water partition coefficient (Wildman–Crippen LogP) is 2.96. The number of carboxylic acid groups (broad SMARTS) is 1. The van der Waals surface area contributed by atoms with Gasteiger partial charge in [-0.15, -0.1) is 0 Å². The van der Waals surface area contributed by atoms with Crippen molar-refractivity contribution in [3.63, 3.8) is 0 Å². The van der Waals surface area contributed by atoms with E-state index in [4.69, 9.17) is 21.4 Å². The first-order chi connectivity index (χ1) is 10.8. The molecule has 2 unspecified atom stereocenters. The number of carboxylic acids is 1. The smallest absolute Gasteiger partial charge is 0.308 e. The lowest BCUT2D eigenvalue weighted by Crippen LogP contribution is -2.45. The van der Waals surface area contributed by atoms with Gasteiger partial charge in [-0.05, 0) is 38.0 Å². The zero-order chi connectivity index (χ0) is 17.1. The molecule has 1 aromatic carbocycles. The van der Waals surface area contributed by atoms with Crippen LogP contribution in [0.15, 0.2) is 18.2 Å². The molecule has 1 N–H and O–H groups in total. The van der Waals surface area contributed by atoms with Crippen molar-refractivity contribution in [1.82, 2.24) is 4.90 Å². The molecule has 0 heterocycles. The Morgan fingerprint density at radius 2 is 2.09 bits per heavy atom. The van der Waals surface area contributed by atoms with Crippen molar-refractivity contribution in [2.45, 2.75) is 38.8 Å². The summed E-state index contributed by atoms with van der Waals surface area (Å²) in [5.74, 6) is -2.16. The largest absolute Gasteiger partial charge is 0.481 e. The number of carbonyl (C=O) groups is 2. The van der Waals surface area contributed by atoms with E-state index in [1.54, 1.807) is 18.7 Å². The van der Waals surface area contributed by atoms with Gasteiger partial charge in [0.25, 0.3) is 5.91 Å². The number of carbonyl (C=O) groups excluding carboxylic acids is 1. The highest BCUT2D eigenvalue weighted by molar-refractivity contribution is 6.32. The number of rotatable bonds is 7. The SMILES string of the molecule is CC(CN(C(=O)C(C)Oc1ccc(F)cc1Cl)C1CC1)C(=O)O. The Kier molecular flexibility index (Phi) is 5.46. The van der Waals surface area contributed by atoms with Crippen LogP contribution in [0, 0.1) is 11.7 Å². The molecule has 1 fully saturated rings. The number of aliphatic carboxylic acids is 1. The van der Waals surface area contributed by atoms with Gasteiger partial charge < -0.3 is 14.7 Å². The molecule has 5 nitrogen and oxygen atoms in total. The minimum absolute atomic E-state index is 0.0686. The lowest BCUT2D eigenvalue weighted by Gasteiger charge is -2.27. The Balaban J connectivity index is 2.05. The van der Waals surface area contributed by atoms with Gasteiger partial charge in [-0.25, -0.2) is 4.39 Å². The van der Waals surface area contributed by atoms with Crippen molar-refractivity contribution in [1.29, 1.82) is 0 Å². The van der Waals surface area contributed by atoms with Gasteiger partial charge in [-0.2, -0.15) is 0 Å². The quantitative estimate of drug-likeness (QED) is 0.826. The zero-order valence-corrected chi connectivity index (χ0v) is 13.7. The molecular weight excluding hydrogens is 325 g/mol. The Morgan fingerprint density at radius 1 is 1.43 bits per heavy atom. The predicted molar refractivity (Wildman–Crippen MR) is 83.0 cm³/mol. The highest BCUT2D eigenvalue weighted by Gasteiger charge is 2.37. The van der Waals surface area contributed by atoms with Crippen LogP contribution in [0.2, 0.25) is 5.02 Å². The van der Waals surface area contributed by atoms with Gasteiger partial charge in [0.2, 0.25) is 0 Å². The molecule has 126 valence electrons. The normalized spacial score (nSPS) is 16.5. The first kappa shape index (κ1) is 17.5. The fraction of sp³-hybridized carbons (Fsp3) is 0.500. The monoisotopic (exact) mass is 343 g/mol. The Bertz CT molecular complexity index is 606. The van der Waals surface area contributed by atoms with Crippen molar-refractivity contribution >= 4 is 23.5 Å². The molecule has 7 heteroatoms. The van der Waals surface area contributed by atoms with Gasteiger partial charge in [0.1, 0.15) is 11.6 Å². The molecule has 0 aromatic heterocycles. The zero-order valence-electron chi connectivity index (χ0n) is 13.0. The van der Waals surface area contributed by atoms with Gasteiger partial charge in [0, 0.05) is 12.6 Å². The molecule has 1 aromatic rings. The fourth-order valence-electron chi connectivity index (χ4n) is 2.22. The third-order valence-corrected chi connectivity index (χ3v) is 4.00. The Morgan fingerprint density at radius 3 is 2.61 bits per heavy atom. The van der Waals surface area contributed by atoms with Gasteiger partial charge in [0.15, 0.2) is 6.10 Å².